The smallest absolute Gasteiger partial charge is 0.189 e. The van der Waals surface area contributed by atoms with E-state index in [0.29, 0.717) is 16.9 Å². The molecule has 0 aliphatic carbocycles. The Labute approximate surface area is 89.8 Å². The second-order valence-corrected chi connectivity index (χ2v) is 3.69. The number of nitrogens with zero attached hydrogens (tertiary/aromatic N) is 1. The maximum absolute atomic E-state index is 11.6. The number of carbonyl (C=O) groups excluding carboxylic acids is 1. The summed E-state index contributed by atoms with van der Waals surface area (Å²) < 4.78 is 5.44. The molecule has 1 rings (SSSR count). The lowest BCUT2D eigenvalue weighted by molar-refractivity contribution is 0.103. The molecule has 0 saturated carbocycles. The molecule has 0 spiro atoms. The predicted octanol–water partition coefficient (Wildman–Crippen LogP) is 2.63. The highest BCUT2D eigenvalue weighted by Gasteiger charge is 2.08. The minimum Gasteiger partial charge on any atom is -0.489 e. The van der Waals surface area contributed by atoms with Gasteiger partial charge in [-0.3, -0.25) is 9.78 Å². The number of pyridine rings is 1. The van der Waals surface area contributed by atoms with Crippen LogP contribution in [0.3, 0.4) is 0 Å². The van der Waals surface area contributed by atoms with E-state index in [9.17, 15) is 4.79 Å². The van der Waals surface area contributed by atoms with Gasteiger partial charge < -0.3 is 4.74 Å². The molecule has 1 aromatic heterocycles. The number of ether oxygens (including phenoxy) is 1. The molecule has 1 heterocycles. The molecule has 80 valence electrons. The van der Waals surface area contributed by atoms with E-state index < -0.39 is 0 Å². The highest BCUT2D eigenvalue weighted by molar-refractivity contribution is 6.07. The second kappa shape index (κ2) is 4.73. The van der Waals surface area contributed by atoms with Crippen LogP contribution in [0.4, 0.5) is 0 Å². The summed E-state index contributed by atoms with van der Waals surface area (Å²) in [5.74, 6) is 0.508. The summed E-state index contributed by atoms with van der Waals surface area (Å²) in [5, 5.41) is 0. The van der Waals surface area contributed by atoms with Crippen molar-refractivity contribution in [2.75, 3.05) is 0 Å². The molecule has 15 heavy (non-hydrogen) atoms. The summed E-state index contributed by atoms with van der Waals surface area (Å²) in [6.07, 6.45) is 3.18. The van der Waals surface area contributed by atoms with Crippen molar-refractivity contribution in [2.45, 2.75) is 26.9 Å². The number of Topliss-reactive ketones (excluding diaryl/α,β-unsaturated/α-hetero) is 1. The van der Waals surface area contributed by atoms with Gasteiger partial charge in [-0.1, -0.05) is 6.58 Å². The Bertz CT molecular complexity index is 383. The molecule has 0 fully saturated rings. The first-order valence-electron chi connectivity index (χ1n) is 4.82. The highest BCUT2D eigenvalue weighted by Crippen LogP contribution is 2.15. The molecular weight excluding hydrogens is 190 g/mol. The van der Waals surface area contributed by atoms with Gasteiger partial charge in [0.15, 0.2) is 5.78 Å². The van der Waals surface area contributed by atoms with Crippen molar-refractivity contribution in [1.82, 2.24) is 4.98 Å². The summed E-state index contributed by atoms with van der Waals surface area (Å²) in [7, 11) is 0. The third kappa shape index (κ3) is 3.20. The van der Waals surface area contributed by atoms with Crippen LogP contribution in [-0.4, -0.2) is 16.9 Å². The van der Waals surface area contributed by atoms with Crippen LogP contribution in [0.15, 0.2) is 30.6 Å². The topological polar surface area (TPSA) is 39.2 Å². The normalized spacial score (nSPS) is 10.1. The van der Waals surface area contributed by atoms with Gasteiger partial charge in [0.05, 0.1) is 12.3 Å². The molecule has 0 bridgehead atoms. The monoisotopic (exact) mass is 205 g/mol. The molecular formula is C12H15NO2. The molecule has 0 atom stereocenters. The first-order chi connectivity index (χ1) is 7.00. The Hall–Kier alpha value is -1.64. The lowest BCUT2D eigenvalue weighted by Gasteiger charge is -2.09. The molecule has 0 unspecified atom stereocenters. The molecule has 0 aliphatic rings. The van der Waals surface area contributed by atoms with Crippen molar-refractivity contribution in [2.24, 2.45) is 0 Å². The maximum Gasteiger partial charge on any atom is 0.189 e. The number of hydrogen-bond acceptors (Lipinski definition) is 3. The van der Waals surface area contributed by atoms with Crippen LogP contribution in [0.5, 0.6) is 5.75 Å². The highest BCUT2D eigenvalue weighted by atomic mass is 16.5. The van der Waals surface area contributed by atoms with Gasteiger partial charge in [0.25, 0.3) is 0 Å². The fourth-order valence-corrected chi connectivity index (χ4v) is 1.13. The van der Waals surface area contributed by atoms with Gasteiger partial charge in [0.2, 0.25) is 0 Å². The molecule has 0 N–H and O–H groups in total. The van der Waals surface area contributed by atoms with Crippen LogP contribution in [-0.2, 0) is 0 Å². The Morgan fingerprint density at radius 2 is 2.13 bits per heavy atom. The van der Waals surface area contributed by atoms with E-state index in [0.717, 1.165) is 0 Å². The lowest BCUT2D eigenvalue weighted by Crippen LogP contribution is -2.07. The SMILES string of the molecule is C=C(C)C(=O)c1cncc(OC(C)C)c1. The van der Waals surface area contributed by atoms with Gasteiger partial charge in [-0.05, 0) is 32.4 Å². The van der Waals surface area contributed by atoms with Crippen LogP contribution in [0.2, 0.25) is 0 Å². The Morgan fingerprint density at radius 3 is 2.67 bits per heavy atom. The van der Waals surface area contributed by atoms with Crippen molar-refractivity contribution < 1.29 is 9.53 Å². The molecule has 0 saturated heterocycles. The van der Waals surface area contributed by atoms with Gasteiger partial charge in [-0.15, -0.1) is 0 Å². The van der Waals surface area contributed by atoms with Crippen molar-refractivity contribution in [3.63, 3.8) is 0 Å². The van der Waals surface area contributed by atoms with Crippen LogP contribution in [0.1, 0.15) is 31.1 Å². The zero-order chi connectivity index (χ0) is 11.4. The van der Waals surface area contributed by atoms with Crippen LogP contribution in [0.25, 0.3) is 0 Å². The third-order valence-electron chi connectivity index (χ3n) is 1.73. The minimum absolute atomic E-state index is 0.0713. The number of rotatable bonds is 4. The zero-order valence-corrected chi connectivity index (χ0v) is 9.28. The van der Waals surface area contributed by atoms with Gasteiger partial charge >= 0.3 is 0 Å². The van der Waals surface area contributed by atoms with Crippen LogP contribution < -0.4 is 4.74 Å². The molecule has 3 nitrogen and oxygen atoms in total. The largest absolute Gasteiger partial charge is 0.489 e. The number of aromatic nitrogens is 1. The quantitative estimate of drug-likeness (QED) is 0.560. The number of hydrogen-bond donors (Lipinski definition) is 0. The van der Waals surface area contributed by atoms with E-state index in [1.165, 1.54) is 6.20 Å². The van der Waals surface area contributed by atoms with Crippen molar-refractivity contribution >= 4 is 5.78 Å². The van der Waals surface area contributed by atoms with Crippen molar-refractivity contribution in [3.05, 3.63) is 36.2 Å². The fourth-order valence-electron chi connectivity index (χ4n) is 1.13. The van der Waals surface area contributed by atoms with Gasteiger partial charge in [0.1, 0.15) is 5.75 Å². The average molecular weight is 205 g/mol. The van der Waals surface area contributed by atoms with Gasteiger partial charge in [0, 0.05) is 11.8 Å². The van der Waals surface area contributed by atoms with E-state index in [1.807, 2.05) is 13.8 Å². The summed E-state index contributed by atoms with van der Waals surface area (Å²) >= 11 is 0. The first-order valence-corrected chi connectivity index (χ1v) is 4.82. The van der Waals surface area contributed by atoms with E-state index in [1.54, 1.807) is 19.2 Å². The molecule has 0 aliphatic heterocycles. The van der Waals surface area contributed by atoms with Gasteiger partial charge in [-0.25, -0.2) is 0 Å². The molecule has 0 amide bonds. The lowest BCUT2D eigenvalue weighted by atomic mass is 10.1. The average Bonchev–Trinajstić information content (AvgIpc) is 2.16. The van der Waals surface area contributed by atoms with Crippen LogP contribution >= 0.6 is 0 Å². The summed E-state index contributed by atoms with van der Waals surface area (Å²) in [6, 6.07) is 1.68. The second-order valence-electron chi connectivity index (χ2n) is 3.69. The van der Waals surface area contributed by atoms with Gasteiger partial charge in [-0.2, -0.15) is 0 Å². The van der Waals surface area contributed by atoms with E-state index in [2.05, 4.69) is 11.6 Å². The minimum atomic E-state index is -0.100. The standard InChI is InChI=1S/C12H15NO2/c1-8(2)12(14)10-5-11(7-13-6-10)15-9(3)4/h5-7,9H,1H2,2-4H3. The van der Waals surface area contributed by atoms with E-state index in [-0.39, 0.29) is 11.9 Å². The van der Waals surface area contributed by atoms with Crippen LogP contribution in [0, 0.1) is 0 Å². The fraction of sp³-hybridized carbons (Fsp3) is 0.333. The van der Waals surface area contributed by atoms with Crippen molar-refractivity contribution in [3.8, 4) is 5.75 Å². The predicted molar refractivity (Wildman–Crippen MR) is 59.1 cm³/mol. The number of ketones is 1. The van der Waals surface area contributed by atoms with Crippen molar-refractivity contribution in [1.29, 1.82) is 0 Å². The molecule has 0 aromatic carbocycles. The summed E-state index contributed by atoms with van der Waals surface area (Å²) in [5.41, 5.74) is 1.01. The Kier molecular flexibility index (Phi) is 3.61. The summed E-state index contributed by atoms with van der Waals surface area (Å²) in [4.78, 5) is 15.5. The Balaban J connectivity index is 2.92. The molecule has 1 aromatic rings. The first kappa shape index (κ1) is 11.4. The molecule has 3 heteroatoms. The van der Waals surface area contributed by atoms with E-state index in [4.69, 9.17) is 4.74 Å². The Morgan fingerprint density at radius 1 is 1.47 bits per heavy atom. The zero-order valence-electron chi connectivity index (χ0n) is 9.28. The third-order valence-corrected chi connectivity index (χ3v) is 1.73. The molecule has 0 radical (unpaired) electrons. The maximum atomic E-state index is 11.6. The van der Waals surface area contributed by atoms with E-state index >= 15 is 0 Å². The summed E-state index contributed by atoms with van der Waals surface area (Å²) in [6.45, 7) is 9.13. The number of carbonyl (C=O) groups is 1. The number of allylic oxidation sites excluding steroid dienone is 1.